The van der Waals surface area contributed by atoms with E-state index in [-0.39, 0.29) is 13.1 Å². The molecule has 0 heterocycles. The Balaban J connectivity index is 3.65. The molecule has 0 atom stereocenters. The highest BCUT2D eigenvalue weighted by Crippen LogP contribution is 2.13. The predicted octanol–water partition coefficient (Wildman–Crippen LogP) is -0.0639. The Morgan fingerprint density at radius 3 is 2.00 bits per heavy atom. The summed E-state index contributed by atoms with van der Waals surface area (Å²) in [4.78, 5) is 22.4. The zero-order valence-corrected chi connectivity index (χ0v) is 8.31. The molecule has 0 fully saturated rings. The molecule has 0 saturated heterocycles. The van der Waals surface area contributed by atoms with Crippen molar-refractivity contribution >= 4 is 11.9 Å². The lowest BCUT2D eigenvalue weighted by molar-refractivity contribution is -0.173. The largest absolute Gasteiger partial charge is 0.471 e. The number of carbonyl (C=O) groups is 2. The molecular formula is C7H12F3N3O2. The van der Waals surface area contributed by atoms with Crippen LogP contribution in [0.3, 0.4) is 0 Å². The highest BCUT2D eigenvalue weighted by Gasteiger charge is 2.38. The Kier molecular flexibility index (Phi) is 4.89. The van der Waals surface area contributed by atoms with Crippen molar-refractivity contribution in [1.29, 1.82) is 0 Å². The topological polar surface area (TPSA) is 61.4 Å². The summed E-state index contributed by atoms with van der Waals surface area (Å²) < 4.78 is 35.0. The van der Waals surface area contributed by atoms with Crippen LogP contribution in [-0.2, 0) is 4.79 Å². The van der Waals surface area contributed by atoms with E-state index in [4.69, 9.17) is 0 Å². The number of nitrogens with one attached hydrogen (secondary N) is 2. The molecule has 0 aliphatic heterocycles. The van der Waals surface area contributed by atoms with Gasteiger partial charge < -0.3 is 15.5 Å². The lowest BCUT2D eigenvalue weighted by Crippen LogP contribution is -2.43. The first-order valence-electron chi connectivity index (χ1n) is 4.05. The van der Waals surface area contributed by atoms with E-state index in [1.165, 1.54) is 19.0 Å². The number of urea groups is 1. The second-order valence-electron chi connectivity index (χ2n) is 2.88. The Morgan fingerprint density at radius 2 is 1.60 bits per heavy atom. The number of hydrogen-bond acceptors (Lipinski definition) is 2. The van der Waals surface area contributed by atoms with E-state index in [2.05, 4.69) is 5.32 Å². The van der Waals surface area contributed by atoms with Crippen molar-refractivity contribution < 1.29 is 22.8 Å². The highest BCUT2D eigenvalue weighted by atomic mass is 19.4. The average Bonchev–Trinajstić information content (AvgIpc) is 2.09. The maximum absolute atomic E-state index is 11.7. The van der Waals surface area contributed by atoms with Crippen LogP contribution in [-0.4, -0.2) is 50.2 Å². The molecule has 0 aromatic rings. The minimum Gasteiger partial charge on any atom is -0.347 e. The number of amides is 3. The minimum atomic E-state index is -4.88. The van der Waals surface area contributed by atoms with Crippen molar-refractivity contribution in [2.45, 2.75) is 6.18 Å². The van der Waals surface area contributed by atoms with E-state index in [9.17, 15) is 22.8 Å². The number of halogens is 3. The SMILES string of the molecule is CN(C)C(=O)NCCNC(=O)C(F)(F)F. The third kappa shape index (κ3) is 5.76. The molecule has 0 aromatic heterocycles. The highest BCUT2D eigenvalue weighted by molar-refractivity contribution is 5.81. The first kappa shape index (κ1) is 13.5. The monoisotopic (exact) mass is 227 g/mol. The minimum absolute atomic E-state index is 0.0567. The third-order valence-electron chi connectivity index (χ3n) is 1.35. The van der Waals surface area contributed by atoms with E-state index in [1.54, 1.807) is 5.32 Å². The van der Waals surface area contributed by atoms with Gasteiger partial charge in [0.25, 0.3) is 0 Å². The van der Waals surface area contributed by atoms with Crippen LogP contribution in [0.4, 0.5) is 18.0 Å². The van der Waals surface area contributed by atoms with Crippen LogP contribution in [0.15, 0.2) is 0 Å². The predicted molar refractivity (Wildman–Crippen MR) is 46.2 cm³/mol. The standard InChI is InChI=1S/C7H12F3N3O2/c1-13(2)6(15)12-4-3-11-5(14)7(8,9)10/h3-4H2,1-2H3,(H,11,14)(H,12,15). The van der Waals surface area contributed by atoms with Gasteiger partial charge in [-0.05, 0) is 0 Å². The zero-order valence-electron chi connectivity index (χ0n) is 8.31. The number of rotatable bonds is 3. The van der Waals surface area contributed by atoms with Gasteiger partial charge >= 0.3 is 18.1 Å². The van der Waals surface area contributed by atoms with Gasteiger partial charge in [-0.15, -0.1) is 0 Å². The summed E-state index contributed by atoms with van der Waals surface area (Å²) >= 11 is 0. The Labute approximate surface area is 84.6 Å². The number of nitrogens with zero attached hydrogens (tertiary/aromatic N) is 1. The first-order valence-corrected chi connectivity index (χ1v) is 4.05. The van der Waals surface area contributed by atoms with Crippen molar-refractivity contribution in [3.8, 4) is 0 Å². The van der Waals surface area contributed by atoms with E-state index in [0.717, 1.165) is 0 Å². The molecule has 0 aliphatic carbocycles. The fraction of sp³-hybridized carbons (Fsp3) is 0.714. The number of carbonyl (C=O) groups excluding carboxylic acids is 2. The van der Waals surface area contributed by atoms with Gasteiger partial charge in [0, 0.05) is 27.2 Å². The molecule has 8 heteroatoms. The van der Waals surface area contributed by atoms with E-state index in [0.29, 0.717) is 0 Å². The maximum atomic E-state index is 11.7. The smallest absolute Gasteiger partial charge is 0.347 e. The van der Waals surface area contributed by atoms with Crippen LogP contribution >= 0.6 is 0 Å². The quantitative estimate of drug-likeness (QED) is 0.663. The fourth-order valence-corrected chi connectivity index (χ4v) is 0.604. The summed E-state index contributed by atoms with van der Waals surface area (Å²) in [6.07, 6.45) is -4.88. The second-order valence-corrected chi connectivity index (χ2v) is 2.88. The summed E-state index contributed by atoms with van der Waals surface area (Å²) in [5.41, 5.74) is 0. The van der Waals surface area contributed by atoms with Crippen molar-refractivity contribution in [2.75, 3.05) is 27.2 Å². The number of alkyl halides is 3. The third-order valence-corrected chi connectivity index (χ3v) is 1.35. The molecule has 0 saturated carbocycles. The lowest BCUT2D eigenvalue weighted by atomic mass is 10.5. The zero-order chi connectivity index (χ0) is 12.1. The second kappa shape index (κ2) is 5.42. The lowest BCUT2D eigenvalue weighted by Gasteiger charge is -2.12. The Bertz CT molecular complexity index is 240. The molecule has 2 N–H and O–H groups in total. The Hall–Kier alpha value is -1.47. The molecule has 0 aliphatic rings. The summed E-state index contributed by atoms with van der Waals surface area (Å²) in [5.74, 6) is -2.01. The Morgan fingerprint density at radius 1 is 1.13 bits per heavy atom. The molecule has 5 nitrogen and oxygen atoms in total. The van der Waals surface area contributed by atoms with Gasteiger partial charge in [0.1, 0.15) is 0 Å². The molecule has 0 bridgehead atoms. The molecule has 0 spiro atoms. The van der Waals surface area contributed by atoms with Crippen LogP contribution in [0.2, 0.25) is 0 Å². The number of hydrogen-bond donors (Lipinski definition) is 2. The van der Waals surface area contributed by atoms with Gasteiger partial charge in [-0.25, -0.2) is 4.79 Å². The van der Waals surface area contributed by atoms with Gasteiger partial charge in [-0.2, -0.15) is 13.2 Å². The summed E-state index contributed by atoms with van der Waals surface area (Å²) in [7, 11) is 2.98. The molecule has 0 aromatic carbocycles. The van der Waals surface area contributed by atoms with Crippen LogP contribution in [0.5, 0.6) is 0 Å². The summed E-state index contributed by atoms with van der Waals surface area (Å²) in [6, 6.07) is -0.434. The van der Waals surface area contributed by atoms with Crippen LogP contribution in [0, 0.1) is 0 Å². The van der Waals surface area contributed by atoms with Crippen molar-refractivity contribution in [2.24, 2.45) is 0 Å². The van der Waals surface area contributed by atoms with Gasteiger partial charge in [0.2, 0.25) is 0 Å². The van der Waals surface area contributed by atoms with Crippen LogP contribution in [0.25, 0.3) is 0 Å². The van der Waals surface area contributed by atoms with Gasteiger partial charge in [-0.1, -0.05) is 0 Å². The molecular weight excluding hydrogens is 215 g/mol. The average molecular weight is 227 g/mol. The van der Waals surface area contributed by atoms with Crippen molar-refractivity contribution in [3.63, 3.8) is 0 Å². The van der Waals surface area contributed by atoms with E-state index in [1.807, 2.05) is 0 Å². The summed E-state index contributed by atoms with van der Waals surface area (Å²) in [5, 5.41) is 3.91. The summed E-state index contributed by atoms with van der Waals surface area (Å²) in [6.45, 7) is -0.323. The molecule has 3 amide bonds. The molecule has 0 unspecified atom stereocenters. The first-order chi connectivity index (χ1) is 6.75. The van der Waals surface area contributed by atoms with Crippen molar-refractivity contribution in [1.82, 2.24) is 15.5 Å². The molecule has 15 heavy (non-hydrogen) atoms. The van der Waals surface area contributed by atoms with Crippen LogP contribution in [0.1, 0.15) is 0 Å². The van der Waals surface area contributed by atoms with E-state index >= 15 is 0 Å². The van der Waals surface area contributed by atoms with Crippen LogP contribution < -0.4 is 10.6 Å². The van der Waals surface area contributed by atoms with Crippen molar-refractivity contribution in [3.05, 3.63) is 0 Å². The normalized spacial score (nSPS) is 10.7. The maximum Gasteiger partial charge on any atom is 0.471 e. The molecule has 88 valence electrons. The van der Waals surface area contributed by atoms with Gasteiger partial charge in [0.05, 0.1) is 0 Å². The van der Waals surface area contributed by atoms with E-state index < -0.39 is 18.1 Å². The molecule has 0 radical (unpaired) electrons. The van der Waals surface area contributed by atoms with Gasteiger partial charge in [0.15, 0.2) is 0 Å². The fourth-order valence-electron chi connectivity index (χ4n) is 0.604. The molecule has 0 rings (SSSR count). The van der Waals surface area contributed by atoms with Gasteiger partial charge in [-0.3, -0.25) is 4.79 Å².